The van der Waals surface area contributed by atoms with Gasteiger partial charge in [0.05, 0.1) is 0 Å². The summed E-state index contributed by atoms with van der Waals surface area (Å²) in [4.78, 5) is 24.4. The lowest BCUT2D eigenvalue weighted by molar-refractivity contribution is -0.125. The normalized spacial score (nSPS) is 23.1. The Morgan fingerprint density at radius 1 is 0.651 bits per heavy atom. The minimum Gasteiger partial charge on any atom is -0.385 e. The molecule has 0 unspecified atom stereocenters. The molecule has 0 heterocycles. The quantitative estimate of drug-likeness (QED) is 0.262. The molecule has 43 heavy (non-hydrogen) atoms. The van der Waals surface area contributed by atoms with Crippen molar-refractivity contribution in [3.8, 4) is 0 Å². The van der Waals surface area contributed by atoms with Crippen LogP contribution in [-0.4, -0.2) is 22.8 Å². The molecule has 0 aromatic carbocycles. The minimum atomic E-state index is -0.900. The van der Waals surface area contributed by atoms with Crippen LogP contribution < -0.4 is 0 Å². The van der Waals surface area contributed by atoms with Gasteiger partial charge in [0.1, 0.15) is 6.10 Å². The molecule has 2 rings (SSSR count). The molecule has 0 fully saturated rings. The second-order valence-corrected chi connectivity index (χ2v) is 13.3. The van der Waals surface area contributed by atoms with E-state index in [0.717, 1.165) is 45.4 Å². The molecule has 1 atom stereocenters. The number of carbonyl (C=O) groups excluding carboxylic acids is 2. The van der Waals surface area contributed by atoms with E-state index in [-0.39, 0.29) is 22.4 Å². The van der Waals surface area contributed by atoms with Crippen LogP contribution in [0.2, 0.25) is 0 Å². The summed E-state index contributed by atoms with van der Waals surface area (Å²) in [7, 11) is 0. The zero-order valence-electron chi connectivity index (χ0n) is 28.0. The summed E-state index contributed by atoms with van der Waals surface area (Å²) < 4.78 is 0. The molecule has 0 saturated heterocycles. The van der Waals surface area contributed by atoms with Crippen molar-refractivity contribution < 1.29 is 14.7 Å². The molecule has 0 aromatic heterocycles. The van der Waals surface area contributed by atoms with Gasteiger partial charge in [-0.2, -0.15) is 0 Å². The second kappa shape index (κ2) is 15.8. The van der Waals surface area contributed by atoms with Crippen LogP contribution in [0.5, 0.6) is 0 Å². The Morgan fingerprint density at radius 3 is 1.56 bits per heavy atom. The van der Waals surface area contributed by atoms with Gasteiger partial charge in [0.2, 0.25) is 0 Å². The largest absolute Gasteiger partial charge is 0.385 e. The van der Waals surface area contributed by atoms with Crippen LogP contribution in [0.4, 0.5) is 0 Å². The van der Waals surface area contributed by atoms with Crippen LogP contribution in [0.25, 0.3) is 0 Å². The third-order valence-corrected chi connectivity index (χ3v) is 8.33. The average molecular weight is 581 g/mol. The van der Waals surface area contributed by atoms with Gasteiger partial charge in [-0.05, 0) is 87.5 Å². The van der Waals surface area contributed by atoms with E-state index in [1.807, 2.05) is 50.3 Å². The fourth-order valence-corrected chi connectivity index (χ4v) is 5.45. The van der Waals surface area contributed by atoms with Crippen molar-refractivity contribution in [1.29, 1.82) is 0 Å². The molecule has 0 amide bonds. The highest BCUT2D eigenvalue weighted by Crippen LogP contribution is 2.40. The maximum absolute atomic E-state index is 12.2. The second-order valence-electron chi connectivity index (χ2n) is 13.3. The van der Waals surface area contributed by atoms with Gasteiger partial charge in [-0.1, -0.05) is 135 Å². The molecule has 0 bridgehead atoms. The number of ketones is 2. The van der Waals surface area contributed by atoms with Gasteiger partial charge in [-0.15, -0.1) is 0 Å². The van der Waals surface area contributed by atoms with Gasteiger partial charge in [0.25, 0.3) is 0 Å². The molecule has 1 N–H and O–H groups in total. The summed E-state index contributed by atoms with van der Waals surface area (Å²) in [6.45, 7) is 20.6. The number of aliphatic hydroxyl groups excluding tert-OH is 1. The molecule has 3 nitrogen and oxygen atoms in total. The first-order valence-electron chi connectivity index (χ1n) is 15.3. The first-order valence-corrected chi connectivity index (χ1v) is 15.3. The van der Waals surface area contributed by atoms with Crippen molar-refractivity contribution in [2.24, 2.45) is 10.8 Å². The number of hydrogen-bond donors (Lipinski definition) is 1. The first kappa shape index (κ1) is 35.6. The molecule has 0 aliphatic heterocycles. The maximum Gasteiger partial charge on any atom is 0.187 e. The van der Waals surface area contributed by atoms with Gasteiger partial charge in [-0.25, -0.2) is 0 Å². The Kier molecular flexibility index (Phi) is 13.1. The molecule has 0 aromatic rings. The zero-order chi connectivity index (χ0) is 32.4. The average Bonchev–Trinajstić information content (AvgIpc) is 2.91. The first-order chi connectivity index (χ1) is 20.0. The van der Waals surface area contributed by atoms with E-state index >= 15 is 0 Å². The van der Waals surface area contributed by atoms with Crippen LogP contribution in [0.15, 0.2) is 130 Å². The molecule has 0 spiro atoms. The standard InChI is InChI=1S/C40H52O3/c1-28(17-13-19-30(3)21-23-34-32(5)36(41)25-26-39(34,7)8)15-11-12-16-29(2)18-14-20-31(4)22-24-35-33(6)38(43)37(42)27-40(35,9)10/h11-24,37,42H,25-27H2,1-10H3/b12-11+,17-13+,18-14+,23-21-,24-22-,28-15+,29-16+,30-19+,31-20+/t37-/m0/s1. The van der Waals surface area contributed by atoms with Gasteiger partial charge in [-0.3, -0.25) is 9.59 Å². The fraction of sp³-hybridized carbons (Fsp3) is 0.400. The van der Waals surface area contributed by atoms with Crippen molar-refractivity contribution in [3.63, 3.8) is 0 Å². The Hall–Kier alpha value is -3.56. The molecule has 3 heteroatoms. The summed E-state index contributed by atoms with van der Waals surface area (Å²) in [5.74, 6) is 0.0963. The lowest BCUT2D eigenvalue weighted by Gasteiger charge is -2.34. The number of hydrogen-bond acceptors (Lipinski definition) is 3. The van der Waals surface area contributed by atoms with E-state index in [4.69, 9.17) is 0 Å². The number of Topliss-reactive ketones (excluding diaryl/α,β-unsaturated/α-hetero) is 2. The van der Waals surface area contributed by atoms with Gasteiger partial charge >= 0.3 is 0 Å². The Labute approximate surface area is 260 Å². The monoisotopic (exact) mass is 580 g/mol. The highest BCUT2D eigenvalue weighted by molar-refractivity contribution is 6.00. The number of rotatable bonds is 10. The summed E-state index contributed by atoms with van der Waals surface area (Å²) in [6.07, 6.45) is 29.9. The van der Waals surface area contributed by atoms with Crippen LogP contribution in [0, 0.1) is 10.8 Å². The predicted molar refractivity (Wildman–Crippen MR) is 184 cm³/mol. The number of aliphatic hydroxyl groups is 1. The molecule has 0 saturated carbocycles. The Morgan fingerprint density at radius 2 is 1.07 bits per heavy atom. The van der Waals surface area contributed by atoms with E-state index in [9.17, 15) is 14.7 Å². The Balaban J connectivity index is 1.94. The summed E-state index contributed by atoms with van der Waals surface area (Å²) >= 11 is 0. The highest BCUT2D eigenvalue weighted by Gasteiger charge is 2.36. The summed E-state index contributed by atoms with van der Waals surface area (Å²) in [6, 6.07) is 0. The maximum atomic E-state index is 12.2. The van der Waals surface area contributed by atoms with E-state index in [0.29, 0.717) is 18.4 Å². The number of carbonyl (C=O) groups is 2. The molecule has 230 valence electrons. The topological polar surface area (TPSA) is 54.4 Å². The summed E-state index contributed by atoms with van der Waals surface area (Å²) in [5, 5.41) is 10.0. The minimum absolute atomic E-state index is 0.0331. The zero-order valence-corrected chi connectivity index (χ0v) is 28.0. The third kappa shape index (κ3) is 10.9. The van der Waals surface area contributed by atoms with E-state index < -0.39 is 6.10 Å². The van der Waals surface area contributed by atoms with Crippen LogP contribution in [0.3, 0.4) is 0 Å². The molecule has 0 radical (unpaired) electrons. The molecular formula is C40H52O3. The molecule has 2 aliphatic carbocycles. The third-order valence-electron chi connectivity index (χ3n) is 8.33. The SMILES string of the molecule is CC1=C(\C=C/C(C)=C/C=C/C(C)=C/C=C/C=C(C)/C=C/C=C(C)/C=C\C2=C(C)C(=O)[C@@H](O)CC2(C)C)C(C)(C)CCC1=O. The van der Waals surface area contributed by atoms with Crippen molar-refractivity contribution in [2.45, 2.75) is 94.6 Å². The smallest absolute Gasteiger partial charge is 0.187 e. The highest BCUT2D eigenvalue weighted by atomic mass is 16.3. The molecule has 2 aliphatic rings. The van der Waals surface area contributed by atoms with Crippen molar-refractivity contribution in [2.75, 3.05) is 0 Å². The van der Waals surface area contributed by atoms with Gasteiger partial charge in [0, 0.05) is 6.42 Å². The predicted octanol–water partition coefficient (Wildman–Crippen LogP) is 9.93. The lowest BCUT2D eigenvalue weighted by Crippen LogP contribution is -2.35. The summed E-state index contributed by atoms with van der Waals surface area (Å²) in [5.41, 5.74) is 7.99. The van der Waals surface area contributed by atoms with E-state index in [2.05, 4.69) is 97.1 Å². The van der Waals surface area contributed by atoms with Crippen molar-refractivity contribution >= 4 is 11.6 Å². The van der Waals surface area contributed by atoms with E-state index in [1.54, 1.807) is 6.92 Å². The van der Waals surface area contributed by atoms with Crippen LogP contribution in [-0.2, 0) is 9.59 Å². The van der Waals surface area contributed by atoms with Gasteiger partial charge < -0.3 is 5.11 Å². The lowest BCUT2D eigenvalue weighted by atomic mass is 9.71. The van der Waals surface area contributed by atoms with Gasteiger partial charge in [0.15, 0.2) is 11.6 Å². The van der Waals surface area contributed by atoms with Crippen molar-refractivity contribution in [3.05, 3.63) is 130 Å². The van der Waals surface area contributed by atoms with Crippen LogP contribution >= 0.6 is 0 Å². The Bertz CT molecular complexity index is 1420. The van der Waals surface area contributed by atoms with Crippen molar-refractivity contribution in [1.82, 2.24) is 0 Å². The fourth-order valence-electron chi connectivity index (χ4n) is 5.45. The van der Waals surface area contributed by atoms with E-state index in [1.165, 1.54) is 0 Å². The molecular weight excluding hydrogens is 528 g/mol. The van der Waals surface area contributed by atoms with Crippen LogP contribution in [0.1, 0.15) is 88.5 Å². The number of allylic oxidation sites excluding steroid dienone is 21.